The van der Waals surface area contributed by atoms with Crippen LogP contribution in [-0.4, -0.2) is 34.3 Å². The standard InChI is InChI=1S/C23H21FN8/c1-14(2)22(15-3-5-18(24)6-4-15)32-13-17(10-27-32)20-12-26-11-19(28-20)16-7-8-31-21(9-16)29-23(25)30-31/h3-14,22H,1-2H3,(H2,25,30). The highest BCUT2D eigenvalue weighted by Gasteiger charge is 2.20. The van der Waals surface area contributed by atoms with Gasteiger partial charge in [-0.25, -0.2) is 13.9 Å². The molecule has 0 bridgehead atoms. The summed E-state index contributed by atoms with van der Waals surface area (Å²) in [6.07, 6.45) is 8.92. The number of aromatic nitrogens is 7. The molecule has 0 saturated heterocycles. The van der Waals surface area contributed by atoms with Crippen LogP contribution in [0.5, 0.6) is 0 Å². The van der Waals surface area contributed by atoms with E-state index in [-0.39, 0.29) is 23.7 Å². The van der Waals surface area contributed by atoms with Crippen molar-refractivity contribution in [1.82, 2.24) is 34.3 Å². The lowest BCUT2D eigenvalue weighted by atomic mass is 9.96. The largest absolute Gasteiger partial charge is 0.366 e. The minimum absolute atomic E-state index is 0.0266. The fourth-order valence-electron chi connectivity index (χ4n) is 3.83. The summed E-state index contributed by atoms with van der Waals surface area (Å²) < 4.78 is 16.9. The SMILES string of the molecule is CC(C)C(c1ccc(F)cc1)n1cc(-c2cncc(-c3ccn4nc(N)nc4c3)n2)cn1. The number of hydrogen-bond acceptors (Lipinski definition) is 6. The van der Waals surface area contributed by atoms with Crippen molar-refractivity contribution in [2.24, 2.45) is 5.92 Å². The Labute approximate surface area is 183 Å². The van der Waals surface area contributed by atoms with E-state index < -0.39 is 0 Å². The van der Waals surface area contributed by atoms with Gasteiger partial charge in [0.15, 0.2) is 5.65 Å². The highest BCUT2D eigenvalue weighted by Crippen LogP contribution is 2.29. The highest BCUT2D eigenvalue weighted by molar-refractivity contribution is 5.66. The first-order valence-corrected chi connectivity index (χ1v) is 10.2. The number of nitrogen functional groups attached to an aromatic ring is 1. The van der Waals surface area contributed by atoms with E-state index in [4.69, 9.17) is 10.7 Å². The number of rotatable bonds is 5. The van der Waals surface area contributed by atoms with Crippen molar-refractivity contribution in [3.63, 3.8) is 0 Å². The van der Waals surface area contributed by atoms with Crippen LogP contribution in [-0.2, 0) is 0 Å². The smallest absolute Gasteiger partial charge is 0.240 e. The maximum Gasteiger partial charge on any atom is 0.240 e. The summed E-state index contributed by atoms with van der Waals surface area (Å²) in [5.74, 6) is 0.222. The van der Waals surface area contributed by atoms with Gasteiger partial charge in [0.2, 0.25) is 5.95 Å². The van der Waals surface area contributed by atoms with Gasteiger partial charge >= 0.3 is 0 Å². The van der Waals surface area contributed by atoms with Crippen LogP contribution in [0.2, 0.25) is 0 Å². The van der Waals surface area contributed by atoms with Crippen molar-refractivity contribution in [2.45, 2.75) is 19.9 Å². The molecule has 0 radical (unpaired) electrons. The Hall–Kier alpha value is -4.14. The zero-order valence-electron chi connectivity index (χ0n) is 17.6. The molecule has 5 rings (SSSR count). The molecular formula is C23H21FN8. The quantitative estimate of drug-likeness (QED) is 0.454. The summed E-state index contributed by atoms with van der Waals surface area (Å²) in [5.41, 5.74) is 10.4. The molecule has 1 aromatic carbocycles. The van der Waals surface area contributed by atoms with Crippen molar-refractivity contribution in [2.75, 3.05) is 5.73 Å². The monoisotopic (exact) mass is 428 g/mol. The molecule has 0 aliphatic rings. The van der Waals surface area contributed by atoms with Gasteiger partial charge in [-0.1, -0.05) is 26.0 Å². The predicted molar refractivity (Wildman–Crippen MR) is 119 cm³/mol. The van der Waals surface area contributed by atoms with E-state index in [0.717, 1.165) is 16.7 Å². The normalized spacial score (nSPS) is 12.5. The Morgan fingerprint density at radius 3 is 2.44 bits per heavy atom. The topological polar surface area (TPSA) is 99.8 Å². The zero-order chi connectivity index (χ0) is 22.2. The molecular weight excluding hydrogens is 407 g/mol. The van der Waals surface area contributed by atoms with Crippen LogP contribution in [0.25, 0.3) is 28.2 Å². The van der Waals surface area contributed by atoms with E-state index in [1.165, 1.54) is 12.1 Å². The van der Waals surface area contributed by atoms with Gasteiger partial charge in [-0.05, 0) is 35.7 Å². The number of benzene rings is 1. The number of hydrogen-bond donors (Lipinski definition) is 1. The summed E-state index contributed by atoms with van der Waals surface area (Å²) in [6, 6.07) is 10.3. The molecule has 0 saturated carbocycles. The molecule has 160 valence electrons. The molecule has 0 spiro atoms. The van der Waals surface area contributed by atoms with E-state index in [9.17, 15) is 4.39 Å². The Morgan fingerprint density at radius 2 is 1.69 bits per heavy atom. The van der Waals surface area contributed by atoms with Crippen LogP contribution in [0.15, 0.2) is 67.4 Å². The molecule has 1 atom stereocenters. The molecule has 5 aromatic rings. The Bertz CT molecular complexity index is 1390. The first-order valence-electron chi connectivity index (χ1n) is 10.2. The maximum atomic E-state index is 13.4. The van der Waals surface area contributed by atoms with Crippen molar-refractivity contribution in [3.8, 4) is 22.5 Å². The van der Waals surface area contributed by atoms with Crippen LogP contribution in [0, 0.1) is 11.7 Å². The lowest BCUT2D eigenvalue weighted by Crippen LogP contribution is -2.17. The number of pyridine rings is 1. The summed E-state index contributed by atoms with van der Waals surface area (Å²) in [5, 5.41) is 8.67. The molecule has 0 aliphatic carbocycles. The minimum Gasteiger partial charge on any atom is -0.366 e. The molecule has 0 amide bonds. The number of nitrogens with two attached hydrogens (primary N) is 1. The predicted octanol–water partition coefficient (Wildman–Crippen LogP) is 4.02. The van der Waals surface area contributed by atoms with Gasteiger partial charge in [-0.3, -0.25) is 9.67 Å². The van der Waals surface area contributed by atoms with Gasteiger partial charge in [0.05, 0.1) is 36.0 Å². The number of halogens is 1. The second kappa shape index (κ2) is 7.84. The molecule has 0 aliphatic heterocycles. The average molecular weight is 428 g/mol. The molecule has 9 heteroatoms. The minimum atomic E-state index is -0.253. The summed E-state index contributed by atoms with van der Waals surface area (Å²) in [4.78, 5) is 13.3. The van der Waals surface area contributed by atoms with E-state index in [2.05, 4.69) is 34.0 Å². The average Bonchev–Trinajstić information content (AvgIpc) is 3.40. The van der Waals surface area contributed by atoms with Gasteiger partial charge in [0.25, 0.3) is 0 Å². The third-order valence-corrected chi connectivity index (χ3v) is 5.31. The Kier molecular flexibility index (Phi) is 4.85. The van der Waals surface area contributed by atoms with Gasteiger partial charge < -0.3 is 5.73 Å². The Morgan fingerprint density at radius 1 is 0.938 bits per heavy atom. The van der Waals surface area contributed by atoms with Crippen molar-refractivity contribution >= 4 is 11.6 Å². The number of nitrogens with zero attached hydrogens (tertiary/aromatic N) is 7. The van der Waals surface area contributed by atoms with Gasteiger partial charge in [0, 0.05) is 23.5 Å². The summed E-state index contributed by atoms with van der Waals surface area (Å²) in [6.45, 7) is 4.23. The number of fused-ring (bicyclic) bond motifs is 1. The van der Waals surface area contributed by atoms with Crippen LogP contribution < -0.4 is 5.73 Å². The lowest BCUT2D eigenvalue weighted by molar-refractivity contribution is 0.402. The first-order chi connectivity index (χ1) is 15.5. The van der Waals surface area contributed by atoms with Crippen LogP contribution in [0.4, 0.5) is 10.3 Å². The molecule has 1 unspecified atom stereocenters. The third kappa shape index (κ3) is 3.68. The molecule has 4 aromatic heterocycles. The van der Waals surface area contributed by atoms with E-state index in [1.807, 2.05) is 23.0 Å². The summed E-state index contributed by atoms with van der Waals surface area (Å²) >= 11 is 0. The molecule has 32 heavy (non-hydrogen) atoms. The summed E-state index contributed by atoms with van der Waals surface area (Å²) in [7, 11) is 0. The molecule has 4 heterocycles. The second-order valence-electron chi connectivity index (χ2n) is 7.93. The van der Waals surface area contributed by atoms with Crippen LogP contribution in [0.3, 0.4) is 0 Å². The van der Waals surface area contributed by atoms with E-state index in [0.29, 0.717) is 17.0 Å². The number of anilines is 1. The fourth-order valence-corrected chi connectivity index (χ4v) is 3.83. The van der Waals surface area contributed by atoms with Crippen molar-refractivity contribution in [3.05, 3.63) is 78.8 Å². The third-order valence-electron chi connectivity index (χ3n) is 5.31. The van der Waals surface area contributed by atoms with Crippen LogP contribution >= 0.6 is 0 Å². The van der Waals surface area contributed by atoms with Crippen molar-refractivity contribution < 1.29 is 4.39 Å². The van der Waals surface area contributed by atoms with Crippen LogP contribution in [0.1, 0.15) is 25.5 Å². The molecule has 2 N–H and O–H groups in total. The molecule has 8 nitrogen and oxygen atoms in total. The van der Waals surface area contributed by atoms with E-state index in [1.54, 1.807) is 41.4 Å². The lowest BCUT2D eigenvalue weighted by Gasteiger charge is -2.22. The maximum absolute atomic E-state index is 13.4. The van der Waals surface area contributed by atoms with Gasteiger partial charge in [-0.15, -0.1) is 5.10 Å². The first kappa shape index (κ1) is 19.8. The van der Waals surface area contributed by atoms with Gasteiger partial charge in [0.1, 0.15) is 5.82 Å². The highest BCUT2D eigenvalue weighted by atomic mass is 19.1. The van der Waals surface area contributed by atoms with E-state index >= 15 is 0 Å². The fraction of sp³-hybridized carbons (Fsp3) is 0.174. The van der Waals surface area contributed by atoms with Gasteiger partial charge in [-0.2, -0.15) is 10.1 Å². The Balaban J connectivity index is 1.48. The second-order valence-corrected chi connectivity index (χ2v) is 7.93. The molecule has 0 fully saturated rings. The zero-order valence-corrected chi connectivity index (χ0v) is 17.6. The van der Waals surface area contributed by atoms with Crippen molar-refractivity contribution in [1.29, 1.82) is 0 Å².